The van der Waals surface area contributed by atoms with Crippen molar-refractivity contribution in [1.29, 1.82) is 0 Å². The summed E-state index contributed by atoms with van der Waals surface area (Å²) in [5.74, 6) is 0.532. The molecule has 0 saturated heterocycles. The summed E-state index contributed by atoms with van der Waals surface area (Å²) in [7, 11) is 3.21. The predicted octanol–water partition coefficient (Wildman–Crippen LogP) is 2.35. The number of esters is 1. The summed E-state index contributed by atoms with van der Waals surface area (Å²) < 4.78 is 12.0. The molecule has 0 radical (unpaired) electrons. The van der Waals surface area contributed by atoms with Gasteiger partial charge in [0.05, 0.1) is 13.7 Å². The highest BCUT2D eigenvalue weighted by molar-refractivity contribution is 9.10. The summed E-state index contributed by atoms with van der Waals surface area (Å²) in [5, 5.41) is 3.29. The van der Waals surface area contributed by atoms with E-state index in [2.05, 4.69) is 21.2 Å². The summed E-state index contributed by atoms with van der Waals surface area (Å²) in [6.45, 7) is 0.441. The van der Waals surface area contributed by atoms with Crippen molar-refractivity contribution in [1.82, 2.24) is 5.32 Å². The Balaban J connectivity index is 2.29. The van der Waals surface area contributed by atoms with Crippen molar-refractivity contribution in [2.45, 2.75) is 36.6 Å². The maximum atomic E-state index is 13.0. The van der Waals surface area contributed by atoms with E-state index in [1.54, 1.807) is 7.05 Å². The molecule has 1 aromatic carbocycles. The highest BCUT2D eigenvalue weighted by atomic mass is 79.9. The van der Waals surface area contributed by atoms with Crippen LogP contribution in [0.15, 0.2) is 22.7 Å². The van der Waals surface area contributed by atoms with Crippen LogP contribution in [-0.2, 0) is 19.7 Å². The molecule has 0 aromatic heterocycles. The SMILES string of the molecule is CNC12CCOc3cc(Br)ccc3C1(C(=O)OC)CCC(=O)C2. The van der Waals surface area contributed by atoms with Gasteiger partial charge < -0.3 is 14.8 Å². The zero-order valence-electron chi connectivity index (χ0n) is 13.3. The first-order chi connectivity index (χ1) is 11.0. The van der Waals surface area contributed by atoms with Crippen LogP contribution in [0.2, 0.25) is 0 Å². The summed E-state index contributed by atoms with van der Waals surface area (Å²) >= 11 is 3.45. The Morgan fingerprint density at radius 2 is 2.17 bits per heavy atom. The van der Waals surface area contributed by atoms with E-state index >= 15 is 0 Å². The predicted molar refractivity (Wildman–Crippen MR) is 88.6 cm³/mol. The minimum Gasteiger partial charge on any atom is -0.493 e. The second-order valence-electron chi connectivity index (χ2n) is 6.18. The van der Waals surface area contributed by atoms with E-state index in [9.17, 15) is 9.59 Å². The van der Waals surface area contributed by atoms with Crippen LogP contribution in [0.3, 0.4) is 0 Å². The van der Waals surface area contributed by atoms with Crippen LogP contribution < -0.4 is 10.1 Å². The number of benzene rings is 1. The topological polar surface area (TPSA) is 64.6 Å². The van der Waals surface area contributed by atoms with E-state index in [0.29, 0.717) is 38.0 Å². The molecule has 5 nitrogen and oxygen atoms in total. The molecular weight excluding hydrogens is 362 g/mol. The summed E-state index contributed by atoms with van der Waals surface area (Å²) in [4.78, 5) is 25.1. The molecule has 1 saturated carbocycles. The molecule has 2 unspecified atom stereocenters. The first-order valence-electron chi connectivity index (χ1n) is 7.71. The molecule has 1 N–H and O–H groups in total. The number of rotatable bonds is 2. The van der Waals surface area contributed by atoms with Crippen molar-refractivity contribution >= 4 is 27.7 Å². The summed E-state index contributed by atoms with van der Waals surface area (Å²) in [6, 6.07) is 5.68. The second kappa shape index (κ2) is 5.91. The smallest absolute Gasteiger partial charge is 0.318 e. The number of nitrogens with one attached hydrogen (secondary N) is 1. The molecule has 23 heavy (non-hydrogen) atoms. The Kier molecular flexibility index (Phi) is 4.23. The lowest BCUT2D eigenvalue weighted by Crippen LogP contribution is -2.66. The highest BCUT2D eigenvalue weighted by Gasteiger charge is 2.62. The fraction of sp³-hybridized carbons (Fsp3) is 0.529. The number of likely N-dealkylation sites (N-methyl/N-ethyl adjacent to an activating group) is 1. The minimum atomic E-state index is -0.920. The summed E-state index contributed by atoms with van der Waals surface area (Å²) in [6.07, 6.45) is 1.67. The lowest BCUT2D eigenvalue weighted by molar-refractivity contribution is -0.155. The Labute approximate surface area is 143 Å². The van der Waals surface area contributed by atoms with Crippen molar-refractivity contribution in [3.05, 3.63) is 28.2 Å². The van der Waals surface area contributed by atoms with E-state index in [1.807, 2.05) is 18.2 Å². The van der Waals surface area contributed by atoms with Gasteiger partial charge in [0.2, 0.25) is 0 Å². The van der Waals surface area contributed by atoms with Crippen LogP contribution >= 0.6 is 15.9 Å². The molecule has 0 bridgehead atoms. The number of carbonyl (C=O) groups excluding carboxylic acids is 2. The molecule has 1 aliphatic carbocycles. The van der Waals surface area contributed by atoms with Gasteiger partial charge in [-0.05, 0) is 25.6 Å². The molecule has 0 spiro atoms. The van der Waals surface area contributed by atoms with E-state index in [-0.39, 0.29) is 11.8 Å². The van der Waals surface area contributed by atoms with Crippen molar-refractivity contribution in [3.8, 4) is 5.75 Å². The van der Waals surface area contributed by atoms with Gasteiger partial charge in [-0.2, -0.15) is 0 Å². The van der Waals surface area contributed by atoms with Gasteiger partial charge >= 0.3 is 5.97 Å². The van der Waals surface area contributed by atoms with Crippen molar-refractivity contribution in [2.24, 2.45) is 0 Å². The zero-order valence-corrected chi connectivity index (χ0v) is 14.9. The van der Waals surface area contributed by atoms with E-state index in [1.165, 1.54) is 7.11 Å². The molecule has 3 rings (SSSR count). The Bertz CT molecular complexity index is 662. The normalized spacial score (nSPS) is 29.8. The fourth-order valence-corrected chi connectivity index (χ4v) is 4.49. The number of methoxy groups -OCH3 is 1. The van der Waals surface area contributed by atoms with Crippen molar-refractivity contribution in [3.63, 3.8) is 0 Å². The van der Waals surface area contributed by atoms with Gasteiger partial charge in [-0.1, -0.05) is 22.0 Å². The van der Waals surface area contributed by atoms with Crippen molar-refractivity contribution in [2.75, 3.05) is 20.8 Å². The van der Waals surface area contributed by atoms with E-state index in [0.717, 1.165) is 10.0 Å². The molecule has 124 valence electrons. The van der Waals surface area contributed by atoms with Crippen LogP contribution in [0.25, 0.3) is 0 Å². The second-order valence-corrected chi connectivity index (χ2v) is 7.10. The molecule has 0 amide bonds. The maximum absolute atomic E-state index is 13.0. The number of fused-ring (bicyclic) bond motifs is 3. The summed E-state index contributed by atoms with van der Waals surface area (Å²) in [5.41, 5.74) is -0.808. The number of hydrogen-bond acceptors (Lipinski definition) is 5. The average Bonchev–Trinajstić information content (AvgIpc) is 2.68. The third-order valence-corrected chi connectivity index (χ3v) is 5.79. The first-order valence-corrected chi connectivity index (χ1v) is 8.50. The van der Waals surface area contributed by atoms with Crippen molar-refractivity contribution < 1.29 is 19.1 Å². The van der Waals surface area contributed by atoms with Crippen LogP contribution in [0.4, 0.5) is 0 Å². The molecule has 2 aliphatic rings. The van der Waals surface area contributed by atoms with Crippen LogP contribution in [0, 0.1) is 0 Å². The molecule has 2 atom stereocenters. The lowest BCUT2D eigenvalue weighted by Gasteiger charge is -2.50. The molecule has 1 aliphatic heterocycles. The monoisotopic (exact) mass is 381 g/mol. The standard InChI is InChI=1S/C17H20BrNO4/c1-19-16-7-8-23-14-9-11(18)3-4-13(14)17(16,15(21)22-2)6-5-12(20)10-16/h3-4,9,19H,5-8,10H2,1-2H3. The molecular formula is C17H20BrNO4. The highest BCUT2D eigenvalue weighted by Crippen LogP contribution is 2.52. The Morgan fingerprint density at radius 1 is 1.39 bits per heavy atom. The van der Waals surface area contributed by atoms with Gasteiger partial charge in [0.25, 0.3) is 0 Å². The zero-order chi connectivity index (χ0) is 16.7. The van der Waals surface area contributed by atoms with Gasteiger partial charge in [-0.25, -0.2) is 0 Å². The number of hydrogen-bond donors (Lipinski definition) is 1. The first kappa shape index (κ1) is 16.5. The maximum Gasteiger partial charge on any atom is 0.318 e. The third-order valence-electron chi connectivity index (χ3n) is 5.30. The van der Waals surface area contributed by atoms with Crippen LogP contribution in [0.1, 0.15) is 31.2 Å². The average molecular weight is 382 g/mol. The molecule has 1 fully saturated rings. The largest absolute Gasteiger partial charge is 0.493 e. The number of carbonyl (C=O) groups is 2. The number of ketones is 1. The Hall–Kier alpha value is -1.40. The fourth-order valence-electron chi connectivity index (χ4n) is 4.15. The minimum absolute atomic E-state index is 0.166. The quantitative estimate of drug-likeness (QED) is 0.796. The van der Waals surface area contributed by atoms with Gasteiger partial charge in [-0.3, -0.25) is 9.59 Å². The molecule has 1 heterocycles. The van der Waals surface area contributed by atoms with Gasteiger partial charge in [0.15, 0.2) is 0 Å². The number of halogens is 1. The number of ether oxygens (including phenoxy) is 2. The van der Waals surface area contributed by atoms with Crippen LogP contribution in [-0.4, -0.2) is 38.1 Å². The molecule has 6 heteroatoms. The van der Waals surface area contributed by atoms with Crippen LogP contribution in [0.5, 0.6) is 5.75 Å². The van der Waals surface area contributed by atoms with Gasteiger partial charge in [0, 0.05) is 34.8 Å². The Morgan fingerprint density at radius 3 is 2.87 bits per heavy atom. The lowest BCUT2D eigenvalue weighted by atomic mass is 9.56. The molecule has 1 aromatic rings. The van der Waals surface area contributed by atoms with Gasteiger partial charge in [-0.15, -0.1) is 0 Å². The number of Topliss-reactive ketones (excluding diaryl/α,β-unsaturated/α-hetero) is 1. The van der Waals surface area contributed by atoms with E-state index in [4.69, 9.17) is 9.47 Å². The third kappa shape index (κ3) is 2.31. The van der Waals surface area contributed by atoms with E-state index < -0.39 is 11.0 Å². The van der Waals surface area contributed by atoms with Gasteiger partial charge in [0.1, 0.15) is 16.9 Å².